The van der Waals surface area contributed by atoms with Crippen LogP contribution in [-0.4, -0.2) is 109 Å². The Kier molecular flexibility index (Phi) is 13.6. The first-order valence-corrected chi connectivity index (χ1v) is 21.5. The van der Waals surface area contributed by atoms with E-state index in [9.17, 15) is 0 Å². The molecule has 2 heterocycles. The standard InChI is InChI=1S/C21H46O11Si4/c1-9-34(8,32-36(24-4,25-5)16-10-13-26-18-20-19-29-20)30-33(6,7)31-35(22-2,23-3)17-11-14-27-21-12-15-28-21/h9,20-21H,1,10-19H2,2-8H3. The van der Waals surface area contributed by atoms with Gasteiger partial charge in [-0.05, 0) is 32.5 Å². The molecule has 0 spiro atoms. The van der Waals surface area contributed by atoms with Crippen LogP contribution in [0.4, 0.5) is 0 Å². The molecule has 0 aromatic rings. The molecule has 0 aliphatic carbocycles. The summed E-state index contributed by atoms with van der Waals surface area (Å²) in [5.41, 5.74) is 1.74. The van der Waals surface area contributed by atoms with Crippen molar-refractivity contribution in [2.45, 2.75) is 63.4 Å². The third-order valence-corrected chi connectivity index (χ3v) is 20.7. The molecule has 0 N–H and O–H groups in total. The molecule has 2 aliphatic rings. The van der Waals surface area contributed by atoms with Gasteiger partial charge in [0.05, 0.1) is 19.8 Å². The molecule has 3 unspecified atom stereocenters. The second kappa shape index (κ2) is 15.1. The predicted molar refractivity (Wildman–Crippen MR) is 142 cm³/mol. The maximum atomic E-state index is 6.60. The van der Waals surface area contributed by atoms with E-state index in [1.54, 1.807) is 34.1 Å². The molecule has 0 bridgehead atoms. The van der Waals surface area contributed by atoms with Crippen LogP contribution in [0.3, 0.4) is 0 Å². The van der Waals surface area contributed by atoms with Crippen LogP contribution < -0.4 is 0 Å². The monoisotopic (exact) mass is 586 g/mol. The van der Waals surface area contributed by atoms with Crippen molar-refractivity contribution in [3.8, 4) is 0 Å². The highest BCUT2D eigenvalue weighted by atomic mass is 28.5. The van der Waals surface area contributed by atoms with Crippen LogP contribution in [0.5, 0.6) is 0 Å². The summed E-state index contributed by atoms with van der Waals surface area (Å²) >= 11 is 0. The topological polar surface area (TPSA) is 105 Å². The van der Waals surface area contributed by atoms with Gasteiger partial charge in [-0.25, -0.2) is 0 Å². The van der Waals surface area contributed by atoms with E-state index in [1.165, 1.54) is 0 Å². The summed E-state index contributed by atoms with van der Waals surface area (Å²) in [6.45, 7) is 13.1. The minimum atomic E-state index is -3.03. The van der Waals surface area contributed by atoms with E-state index in [1.807, 2.05) is 19.6 Å². The number of epoxide rings is 1. The highest BCUT2D eigenvalue weighted by Crippen LogP contribution is 2.29. The SMILES string of the molecule is C=C[Si](C)(O[Si](C)(C)O[Si](CCCOC1CCO1)(OC)OC)O[Si](CCCOCC1CO1)(OC)OC. The maximum Gasteiger partial charge on any atom is 0.491 e. The molecule has 0 amide bonds. The second-order valence-electron chi connectivity index (χ2n) is 9.31. The van der Waals surface area contributed by atoms with Gasteiger partial charge >= 0.3 is 34.7 Å². The van der Waals surface area contributed by atoms with Crippen molar-refractivity contribution < 1.29 is 49.0 Å². The Bertz CT molecular complexity index is 643. The van der Waals surface area contributed by atoms with Gasteiger partial charge < -0.3 is 49.0 Å². The lowest BCUT2D eigenvalue weighted by atomic mass is 10.3. The Labute approximate surface area is 220 Å². The zero-order valence-corrected chi connectivity index (χ0v) is 27.0. The molecule has 11 nitrogen and oxygen atoms in total. The first-order chi connectivity index (χ1) is 17.1. The Morgan fingerprint density at radius 2 is 1.39 bits per heavy atom. The Morgan fingerprint density at radius 3 is 1.86 bits per heavy atom. The fourth-order valence-electron chi connectivity index (χ4n) is 3.76. The summed E-state index contributed by atoms with van der Waals surface area (Å²) in [6.07, 6.45) is 2.54. The van der Waals surface area contributed by atoms with Gasteiger partial charge in [0.2, 0.25) is 0 Å². The Morgan fingerprint density at radius 1 is 0.833 bits per heavy atom. The quantitative estimate of drug-likeness (QED) is 0.106. The second-order valence-corrected chi connectivity index (χ2v) is 22.4. The van der Waals surface area contributed by atoms with Crippen LogP contribution in [0.1, 0.15) is 19.3 Å². The van der Waals surface area contributed by atoms with Crippen molar-refractivity contribution in [3.63, 3.8) is 0 Å². The summed E-state index contributed by atoms with van der Waals surface area (Å²) in [7, 11) is -5.36. The molecule has 36 heavy (non-hydrogen) atoms. The van der Waals surface area contributed by atoms with E-state index < -0.39 is 34.7 Å². The van der Waals surface area contributed by atoms with Crippen LogP contribution in [0.15, 0.2) is 12.3 Å². The van der Waals surface area contributed by atoms with Crippen LogP contribution >= 0.6 is 0 Å². The first kappa shape index (κ1) is 32.4. The van der Waals surface area contributed by atoms with Gasteiger partial charge in [0, 0.05) is 60.2 Å². The van der Waals surface area contributed by atoms with Crippen molar-refractivity contribution in [2.24, 2.45) is 0 Å². The zero-order valence-electron chi connectivity index (χ0n) is 23.0. The summed E-state index contributed by atoms with van der Waals surface area (Å²) < 4.78 is 64.7. The zero-order chi connectivity index (χ0) is 26.7. The van der Waals surface area contributed by atoms with Gasteiger partial charge in [-0.1, -0.05) is 5.70 Å². The third kappa shape index (κ3) is 10.7. The van der Waals surface area contributed by atoms with E-state index in [2.05, 4.69) is 6.58 Å². The van der Waals surface area contributed by atoms with Gasteiger partial charge in [0.25, 0.3) is 0 Å². The van der Waals surface area contributed by atoms with E-state index in [4.69, 9.17) is 49.0 Å². The lowest BCUT2D eigenvalue weighted by molar-refractivity contribution is -0.214. The molecule has 2 aliphatic heterocycles. The molecule has 3 atom stereocenters. The number of ether oxygens (including phenoxy) is 4. The van der Waals surface area contributed by atoms with Crippen molar-refractivity contribution >= 4 is 34.7 Å². The Hall–Kier alpha value is 0.168. The van der Waals surface area contributed by atoms with E-state index in [0.29, 0.717) is 31.9 Å². The first-order valence-electron chi connectivity index (χ1n) is 12.5. The Balaban J connectivity index is 1.94. The highest BCUT2D eigenvalue weighted by Gasteiger charge is 2.52. The average Bonchev–Trinajstić information content (AvgIpc) is 3.65. The van der Waals surface area contributed by atoms with Gasteiger partial charge in [0.1, 0.15) is 6.10 Å². The molecule has 2 rings (SSSR count). The van der Waals surface area contributed by atoms with Crippen molar-refractivity contribution in [2.75, 3.05) is 61.5 Å². The number of rotatable bonds is 22. The van der Waals surface area contributed by atoms with Crippen LogP contribution in [0.2, 0.25) is 31.7 Å². The molecule has 2 fully saturated rings. The fraction of sp³-hybridized carbons (Fsp3) is 0.905. The lowest BCUT2D eigenvalue weighted by Gasteiger charge is -2.41. The van der Waals surface area contributed by atoms with Crippen LogP contribution in [0, 0.1) is 0 Å². The van der Waals surface area contributed by atoms with Gasteiger partial charge in [0.15, 0.2) is 6.29 Å². The lowest BCUT2D eigenvalue weighted by Crippen LogP contribution is -2.61. The van der Waals surface area contributed by atoms with Crippen molar-refractivity contribution in [1.82, 2.24) is 0 Å². The molecular formula is C21H46O11Si4. The molecular weight excluding hydrogens is 541 g/mol. The van der Waals surface area contributed by atoms with Crippen LogP contribution in [-0.2, 0) is 49.0 Å². The van der Waals surface area contributed by atoms with Gasteiger partial charge in [-0.15, -0.1) is 6.58 Å². The van der Waals surface area contributed by atoms with Crippen molar-refractivity contribution in [3.05, 3.63) is 12.3 Å². The molecule has 2 saturated heterocycles. The van der Waals surface area contributed by atoms with Crippen molar-refractivity contribution in [1.29, 1.82) is 0 Å². The highest BCUT2D eigenvalue weighted by molar-refractivity contribution is 6.89. The molecule has 0 aromatic carbocycles. The maximum absolute atomic E-state index is 6.60. The molecule has 0 radical (unpaired) electrons. The third-order valence-electron chi connectivity index (χ3n) is 5.89. The summed E-state index contributed by atoms with van der Waals surface area (Å²) in [5.74, 6) is 0. The minimum absolute atomic E-state index is 0.0950. The van der Waals surface area contributed by atoms with Gasteiger partial charge in [-0.3, -0.25) is 0 Å². The normalized spacial score (nSPS) is 22.2. The van der Waals surface area contributed by atoms with E-state index in [0.717, 1.165) is 32.5 Å². The fourth-order valence-corrected chi connectivity index (χ4v) is 19.3. The molecule has 15 heteroatoms. The van der Waals surface area contributed by atoms with Crippen LogP contribution in [0.25, 0.3) is 0 Å². The molecule has 212 valence electrons. The van der Waals surface area contributed by atoms with E-state index >= 15 is 0 Å². The predicted octanol–water partition coefficient (Wildman–Crippen LogP) is 2.96. The summed E-state index contributed by atoms with van der Waals surface area (Å²) in [4.78, 5) is 0. The molecule has 0 aromatic heterocycles. The number of hydrogen-bond acceptors (Lipinski definition) is 11. The van der Waals surface area contributed by atoms with Gasteiger partial charge in [-0.2, -0.15) is 0 Å². The smallest absolute Gasteiger partial charge is 0.413 e. The molecule has 0 saturated carbocycles. The van der Waals surface area contributed by atoms with E-state index in [-0.39, 0.29) is 12.4 Å². The average molecular weight is 587 g/mol. The summed E-state index contributed by atoms with van der Waals surface area (Å²) in [5, 5.41) is 0. The number of hydrogen-bond donors (Lipinski definition) is 0. The largest absolute Gasteiger partial charge is 0.491 e. The summed E-state index contributed by atoms with van der Waals surface area (Å²) in [6, 6.07) is 1.19. The minimum Gasteiger partial charge on any atom is -0.413 e.